The number of ether oxygens (including phenoxy) is 2. The Morgan fingerprint density at radius 2 is 1.92 bits per heavy atom. The van der Waals surface area contributed by atoms with Crippen LogP contribution in [0.2, 0.25) is 0 Å². The molecule has 4 rings (SSSR count). The normalized spacial score (nSPS) is 15.5. The monoisotopic (exact) mass is 551 g/mol. The summed E-state index contributed by atoms with van der Waals surface area (Å²) in [5, 5.41) is 2.99. The zero-order valence-corrected chi connectivity index (χ0v) is 22.8. The molecule has 1 aliphatic rings. The fourth-order valence-electron chi connectivity index (χ4n) is 4.60. The number of amides is 3. The Kier molecular flexibility index (Phi) is 9.15. The maximum atomic E-state index is 14.3. The molecule has 10 nitrogen and oxygen atoms in total. The van der Waals surface area contributed by atoms with E-state index in [0.29, 0.717) is 43.2 Å². The van der Waals surface area contributed by atoms with Crippen LogP contribution in [0, 0.1) is 0 Å². The van der Waals surface area contributed by atoms with Crippen LogP contribution in [0.4, 0.5) is 11.4 Å². The van der Waals surface area contributed by atoms with Crippen LogP contribution >= 0.6 is 11.5 Å². The second kappa shape index (κ2) is 12.7. The minimum absolute atomic E-state index is 0.0255. The van der Waals surface area contributed by atoms with E-state index >= 15 is 0 Å². The van der Waals surface area contributed by atoms with Gasteiger partial charge in [-0.15, -0.1) is 0 Å². The van der Waals surface area contributed by atoms with Crippen LogP contribution in [0.25, 0.3) is 0 Å². The predicted molar refractivity (Wildman–Crippen MR) is 150 cm³/mol. The minimum atomic E-state index is -1.07. The van der Waals surface area contributed by atoms with E-state index in [1.807, 2.05) is 26.0 Å². The van der Waals surface area contributed by atoms with Gasteiger partial charge in [0.2, 0.25) is 5.91 Å². The van der Waals surface area contributed by atoms with E-state index in [1.165, 1.54) is 4.90 Å². The maximum absolute atomic E-state index is 14.3. The highest BCUT2D eigenvalue weighted by atomic mass is 32.1. The lowest BCUT2D eigenvalue weighted by Gasteiger charge is -2.33. The molecule has 2 atom stereocenters. The molecule has 2 aromatic carbocycles. The molecule has 1 fully saturated rings. The van der Waals surface area contributed by atoms with Gasteiger partial charge in [0.15, 0.2) is 5.69 Å². The summed E-state index contributed by atoms with van der Waals surface area (Å²) in [6, 6.07) is 13.4. The molecule has 5 N–H and O–H groups in total. The fraction of sp³-hybridized carbons (Fsp3) is 0.357. The van der Waals surface area contributed by atoms with Gasteiger partial charge in [0.05, 0.1) is 18.4 Å². The molecular formula is C28H33N5O5S. The molecule has 0 saturated carbocycles. The third kappa shape index (κ3) is 6.21. The predicted octanol–water partition coefficient (Wildman–Crippen LogP) is 3.47. The Morgan fingerprint density at radius 1 is 1.18 bits per heavy atom. The lowest BCUT2D eigenvalue weighted by atomic mass is 10.00. The number of primary amides is 1. The molecule has 0 aliphatic carbocycles. The lowest BCUT2D eigenvalue weighted by molar-refractivity contribution is -0.123. The van der Waals surface area contributed by atoms with E-state index < -0.39 is 17.9 Å². The third-order valence-electron chi connectivity index (χ3n) is 6.55. The number of para-hydroxylation sites is 1. The van der Waals surface area contributed by atoms with Gasteiger partial charge < -0.3 is 26.3 Å². The minimum Gasteiger partial charge on any atom is -0.494 e. The van der Waals surface area contributed by atoms with Crippen molar-refractivity contribution in [1.29, 1.82) is 0 Å². The van der Waals surface area contributed by atoms with Crippen molar-refractivity contribution in [2.24, 2.45) is 5.73 Å². The van der Waals surface area contributed by atoms with E-state index in [-0.39, 0.29) is 28.3 Å². The Balaban J connectivity index is 1.84. The quantitative estimate of drug-likeness (QED) is 0.330. The van der Waals surface area contributed by atoms with Crippen molar-refractivity contribution >= 4 is 40.6 Å². The number of nitrogen functional groups attached to an aromatic ring is 1. The van der Waals surface area contributed by atoms with Crippen molar-refractivity contribution < 1.29 is 23.9 Å². The molecule has 206 valence electrons. The molecule has 2 heterocycles. The summed E-state index contributed by atoms with van der Waals surface area (Å²) in [6.07, 6.45) is 2.31. The number of rotatable bonds is 11. The summed E-state index contributed by atoms with van der Waals surface area (Å²) in [6.45, 7) is 5.32. The van der Waals surface area contributed by atoms with Crippen molar-refractivity contribution in [3.05, 3.63) is 70.2 Å². The molecule has 1 saturated heterocycles. The van der Waals surface area contributed by atoms with Gasteiger partial charge in [0, 0.05) is 18.8 Å². The van der Waals surface area contributed by atoms with E-state index in [2.05, 4.69) is 9.69 Å². The van der Waals surface area contributed by atoms with Crippen LogP contribution in [0.1, 0.15) is 64.0 Å². The van der Waals surface area contributed by atoms with Crippen LogP contribution < -0.4 is 26.4 Å². The van der Waals surface area contributed by atoms with Crippen LogP contribution in [0.3, 0.4) is 0 Å². The van der Waals surface area contributed by atoms with E-state index in [9.17, 15) is 14.4 Å². The number of nitrogens with one attached hydrogen (secondary N) is 1. The highest BCUT2D eigenvalue weighted by molar-refractivity contribution is 7.09. The van der Waals surface area contributed by atoms with Crippen LogP contribution in [-0.4, -0.2) is 48.0 Å². The SMILES string of the molecule is CCOc1ccc([C@@H](C(=O)NC[C@@H]2CCCO2)N(C(=O)c2snc(C(N)=O)c2N)c2ccccc2CC)cc1. The maximum Gasteiger partial charge on any atom is 0.273 e. The summed E-state index contributed by atoms with van der Waals surface area (Å²) >= 11 is 0.777. The fourth-order valence-corrected chi connectivity index (χ4v) is 5.34. The van der Waals surface area contributed by atoms with Gasteiger partial charge in [0.25, 0.3) is 11.8 Å². The van der Waals surface area contributed by atoms with Crippen molar-refractivity contribution in [2.45, 2.75) is 45.3 Å². The molecule has 0 spiro atoms. The molecule has 1 aromatic heterocycles. The first-order valence-corrected chi connectivity index (χ1v) is 13.7. The number of carbonyl (C=O) groups is 3. The zero-order chi connectivity index (χ0) is 27.9. The first-order chi connectivity index (χ1) is 18.8. The lowest BCUT2D eigenvalue weighted by Crippen LogP contribution is -2.46. The van der Waals surface area contributed by atoms with Crippen LogP contribution in [-0.2, 0) is 16.0 Å². The van der Waals surface area contributed by atoms with E-state index in [0.717, 1.165) is 29.9 Å². The molecule has 1 aliphatic heterocycles. The summed E-state index contributed by atoms with van der Waals surface area (Å²) < 4.78 is 15.3. The smallest absolute Gasteiger partial charge is 0.273 e. The van der Waals surface area contributed by atoms with Gasteiger partial charge in [0.1, 0.15) is 16.7 Å². The zero-order valence-electron chi connectivity index (χ0n) is 22.0. The molecule has 0 unspecified atom stereocenters. The van der Waals surface area contributed by atoms with E-state index in [1.54, 1.807) is 36.4 Å². The number of hydrogen-bond acceptors (Lipinski definition) is 8. The van der Waals surface area contributed by atoms with Crippen molar-refractivity contribution in [3.63, 3.8) is 0 Å². The van der Waals surface area contributed by atoms with Gasteiger partial charge in [-0.25, -0.2) is 0 Å². The number of nitrogens with two attached hydrogens (primary N) is 2. The number of hydrogen-bond donors (Lipinski definition) is 3. The molecule has 0 bridgehead atoms. The summed E-state index contributed by atoms with van der Waals surface area (Å²) in [7, 11) is 0. The third-order valence-corrected chi connectivity index (χ3v) is 7.40. The standard InChI is InChI=1S/C28H33N5O5S/c1-3-17-8-5-6-10-21(17)33(28(36)25-22(29)23(26(30)34)32-39-25)24(18-11-13-19(14-12-18)37-4-2)27(35)31-16-20-9-7-15-38-20/h5-6,8,10-14,20,24H,3-4,7,9,15-16,29H2,1-2H3,(H2,30,34)(H,31,35)/t20-,24-/m0/s1. The number of nitrogens with zero attached hydrogens (tertiary/aromatic N) is 2. The molecule has 3 aromatic rings. The average Bonchev–Trinajstić information content (AvgIpc) is 3.60. The second-order valence-electron chi connectivity index (χ2n) is 9.08. The Labute approximate surface area is 231 Å². The van der Waals surface area contributed by atoms with Crippen molar-refractivity contribution in [2.75, 3.05) is 30.4 Å². The summed E-state index contributed by atoms with van der Waals surface area (Å²) in [4.78, 5) is 41.5. The number of aryl methyl sites for hydroxylation is 1. The Hall–Kier alpha value is -3.96. The topological polar surface area (TPSA) is 150 Å². The number of anilines is 2. The molecule has 0 radical (unpaired) electrons. The van der Waals surface area contributed by atoms with Gasteiger partial charge in [-0.05, 0) is 67.0 Å². The largest absolute Gasteiger partial charge is 0.494 e. The highest BCUT2D eigenvalue weighted by Gasteiger charge is 2.37. The Bertz CT molecular complexity index is 1320. The van der Waals surface area contributed by atoms with Crippen LogP contribution in [0.15, 0.2) is 48.5 Å². The number of benzene rings is 2. The van der Waals surface area contributed by atoms with Gasteiger partial charge in [-0.1, -0.05) is 37.3 Å². The van der Waals surface area contributed by atoms with Crippen molar-refractivity contribution in [1.82, 2.24) is 9.69 Å². The molecule has 3 amide bonds. The summed E-state index contributed by atoms with van der Waals surface area (Å²) in [5.41, 5.74) is 13.3. The first-order valence-electron chi connectivity index (χ1n) is 12.9. The summed E-state index contributed by atoms with van der Waals surface area (Å²) in [5.74, 6) is -1.14. The van der Waals surface area contributed by atoms with Gasteiger partial charge >= 0.3 is 0 Å². The average molecular weight is 552 g/mol. The second-order valence-corrected chi connectivity index (χ2v) is 9.85. The van der Waals surface area contributed by atoms with Gasteiger partial charge in [-0.3, -0.25) is 19.3 Å². The van der Waals surface area contributed by atoms with E-state index in [4.69, 9.17) is 20.9 Å². The highest BCUT2D eigenvalue weighted by Crippen LogP contribution is 2.35. The van der Waals surface area contributed by atoms with Crippen LogP contribution in [0.5, 0.6) is 5.75 Å². The first kappa shape index (κ1) is 28.1. The molecular weight excluding hydrogens is 518 g/mol. The number of carbonyl (C=O) groups excluding carboxylic acids is 3. The molecule has 39 heavy (non-hydrogen) atoms. The van der Waals surface area contributed by atoms with Crippen molar-refractivity contribution in [3.8, 4) is 5.75 Å². The van der Waals surface area contributed by atoms with Gasteiger partial charge in [-0.2, -0.15) is 4.37 Å². The molecule has 11 heteroatoms. The number of aromatic nitrogens is 1. The Morgan fingerprint density at radius 3 is 2.54 bits per heavy atom.